The Bertz CT molecular complexity index is 507. The average molecular weight is 296 g/mol. The van der Waals surface area contributed by atoms with E-state index in [1.54, 1.807) is 34.6 Å². The van der Waals surface area contributed by atoms with Crippen molar-refractivity contribution in [3.8, 4) is 0 Å². The lowest BCUT2D eigenvalue weighted by atomic mass is 10.0. The van der Waals surface area contributed by atoms with Crippen LogP contribution >= 0.6 is 0 Å². The normalized spacial score (nSPS) is 12.9. The maximum absolute atomic E-state index is 12.8. The van der Waals surface area contributed by atoms with Gasteiger partial charge in [0.25, 0.3) is 5.91 Å². The van der Waals surface area contributed by atoms with Gasteiger partial charge in [-0.2, -0.15) is 0 Å². The number of amides is 1. The second-order valence-corrected chi connectivity index (χ2v) is 6.09. The lowest BCUT2D eigenvalue weighted by Crippen LogP contribution is -2.47. The standard InChI is InChI=1S/C15H21FN2O3/c1-9(2)12(14(20)21-15(3,4)5)18-13(19)11-7-6-10(16)8-17-11/h6-9,12H,1-5H3,(H,18,19)/t12-/m1/s1. The Morgan fingerprint density at radius 1 is 1.29 bits per heavy atom. The van der Waals surface area contributed by atoms with E-state index >= 15 is 0 Å². The third-order valence-corrected chi connectivity index (χ3v) is 2.57. The maximum Gasteiger partial charge on any atom is 0.329 e. The number of carbonyl (C=O) groups excluding carboxylic acids is 2. The van der Waals surface area contributed by atoms with Crippen LogP contribution in [-0.2, 0) is 9.53 Å². The highest BCUT2D eigenvalue weighted by molar-refractivity contribution is 5.95. The molecule has 1 aromatic rings. The Kier molecular flexibility index (Phi) is 5.41. The van der Waals surface area contributed by atoms with Crippen molar-refractivity contribution in [2.75, 3.05) is 0 Å². The topological polar surface area (TPSA) is 68.3 Å². The van der Waals surface area contributed by atoms with Gasteiger partial charge in [-0.1, -0.05) is 13.8 Å². The third kappa shape index (κ3) is 5.49. The summed E-state index contributed by atoms with van der Waals surface area (Å²) in [5.74, 6) is -1.73. The summed E-state index contributed by atoms with van der Waals surface area (Å²) < 4.78 is 18.1. The Balaban J connectivity index is 2.81. The molecule has 0 aliphatic carbocycles. The fourth-order valence-corrected chi connectivity index (χ4v) is 1.59. The van der Waals surface area contributed by atoms with Gasteiger partial charge in [0.2, 0.25) is 0 Å². The van der Waals surface area contributed by atoms with Crippen molar-refractivity contribution in [3.63, 3.8) is 0 Å². The lowest BCUT2D eigenvalue weighted by Gasteiger charge is -2.26. The Labute approximate surface area is 123 Å². The van der Waals surface area contributed by atoms with Crippen molar-refractivity contribution in [3.05, 3.63) is 29.8 Å². The molecule has 21 heavy (non-hydrogen) atoms. The Morgan fingerprint density at radius 2 is 1.90 bits per heavy atom. The molecule has 1 aromatic heterocycles. The molecule has 0 aliphatic rings. The Morgan fingerprint density at radius 3 is 2.33 bits per heavy atom. The van der Waals surface area contributed by atoms with Crippen LogP contribution in [0.1, 0.15) is 45.1 Å². The molecule has 0 unspecified atom stereocenters. The lowest BCUT2D eigenvalue weighted by molar-refractivity contribution is -0.158. The first-order valence-corrected chi connectivity index (χ1v) is 6.75. The van der Waals surface area contributed by atoms with E-state index in [9.17, 15) is 14.0 Å². The number of hydrogen-bond acceptors (Lipinski definition) is 4. The van der Waals surface area contributed by atoms with Gasteiger partial charge >= 0.3 is 5.97 Å². The molecule has 0 radical (unpaired) electrons. The van der Waals surface area contributed by atoms with Gasteiger partial charge < -0.3 is 10.1 Å². The van der Waals surface area contributed by atoms with Crippen LogP contribution in [0.25, 0.3) is 0 Å². The highest BCUT2D eigenvalue weighted by Crippen LogP contribution is 2.13. The van der Waals surface area contributed by atoms with E-state index in [0.29, 0.717) is 0 Å². The highest BCUT2D eigenvalue weighted by Gasteiger charge is 2.29. The van der Waals surface area contributed by atoms with Gasteiger partial charge in [0.05, 0.1) is 6.20 Å². The van der Waals surface area contributed by atoms with Gasteiger partial charge in [0, 0.05) is 0 Å². The SMILES string of the molecule is CC(C)[C@@H](NC(=O)c1ccc(F)cn1)C(=O)OC(C)(C)C. The van der Waals surface area contributed by atoms with Crippen molar-refractivity contribution in [2.24, 2.45) is 5.92 Å². The minimum atomic E-state index is -0.788. The van der Waals surface area contributed by atoms with Gasteiger partial charge in [0.15, 0.2) is 0 Å². The summed E-state index contributed by atoms with van der Waals surface area (Å²) in [6.45, 7) is 8.86. The molecule has 1 atom stereocenters. The number of aromatic nitrogens is 1. The second kappa shape index (κ2) is 6.65. The van der Waals surface area contributed by atoms with Gasteiger partial charge in [-0.3, -0.25) is 4.79 Å². The van der Waals surface area contributed by atoms with E-state index in [1.807, 2.05) is 0 Å². The number of esters is 1. The smallest absolute Gasteiger partial charge is 0.329 e. The Hall–Kier alpha value is -1.98. The zero-order chi connectivity index (χ0) is 16.2. The zero-order valence-electron chi connectivity index (χ0n) is 12.9. The van der Waals surface area contributed by atoms with Crippen LogP contribution in [0.4, 0.5) is 4.39 Å². The van der Waals surface area contributed by atoms with Crippen LogP contribution in [0.5, 0.6) is 0 Å². The summed E-state index contributed by atoms with van der Waals surface area (Å²) >= 11 is 0. The van der Waals surface area contributed by atoms with E-state index in [-0.39, 0.29) is 11.6 Å². The summed E-state index contributed by atoms with van der Waals surface area (Å²) in [5.41, 5.74) is -0.589. The van der Waals surface area contributed by atoms with E-state index in [4.69, 9.17) is 4.74 Å². The zero-order valence-corrected chi connectivity index (χ0v) is 12.9. The van der Waals surface area contributed by atoms with Crippen molar-refractivity contribution < 1.29 is 18.7 Å². The first-order chi connectivity index (χ1) is 9.60. The molecule has 1 rings (SSSR count). The van der Waals surface area contributed by atoms with Gasteiger partial charge in [-0.25, -0.2) is 14.2 Å². The molecule has 1 amide bonds. The molecule has 0 bridgehead atoms. The fourth-order valence-electron chi connectivity index (χ4n) is 1.59. The first kappa shape index (κ1) is 17.1. The van der Waals surface area contributed by atoms with Crippen molar-refractivity contribution >= 4 is 11.9 Å². The molecule has 0 aromatic carbocycles. The molecule has 5 nitrogen and oxygen atoms in total. The summed E-state index contributed by atoms with van der Waals surface area (Å²) in [7, 11) is 0. The van der Waals surface area contributed by atoms with Crippen molar-refractivity contribution in [2.45, 2.75) is 46.3 Å². The summed E-state index contributed by atoms with van der Waals surface area (Å²) in [5, 5.41) is 2.58. The average Bonchev–Trinajstić information content (AvgIpc) is 2.33. The van der Waals surface area contributed by atoms with Gasteiger partial charge in [-0.05, 0) is 38.8 Å². The molecule has 0 saturated carbocycles. The predicted molar refractivity (Wildman–Crippen MR) is 76.1 cm³/mol. The molecule has 1 heterocycles. The monoisotopic (exact) mass is 296 g/mol. The molecular formula is C15H21FN2O3. The van der Waals surface area contributed by atoms with E-state index < -0.39 is 29.3 Å². The predicted octanol–water partition coefficient (Wildman–Crippen LogP) is 2.32. The van der Waals surface area contributed by atoms with E-state index in [1.165, 1.54) is 6.07 Å². The van der Waals surface area contributed by atoms with Crippen molar-refractivity contribution in [1.82, 2.24) is 10.3 Å². The minimum Gasteiger partial charge on any atom is -0.458 e. The maximum atomic E-state index is 12.8. The molecule has 0 saturated heterocycles. The van der Waals surface area contributed by atoms with Crippen LogP contribution in [0.2, 0.25) is 0 Å². The third-order valence-electron chi connectivity index (χ3n) is 2.57. The van der Waals surface area contributed by atoms with Crippen molar-refractivity contribution in [1.29, 1.82) is 0 Å². The largest absolute Gasteiger partial charge is 0.458 e. The molecule has 1 N–H and O–H groups in total. The molecule has 116 valence electrons. The van der Waals surface area contributed by atoms with Crippen LogP contribution in [-0.4, -0.2) is 28.5 Å². The number of rotatable bonds is 4. The summed E-state index contributed by atoms with van der Waals surface area (Å²) in [6.07, 6.45) is 0.951. The number of pyridine rings is 1. The number of carbonyl (C=O) groups is 2. The van der Waals surface area contributed by atoms with E-state index in [0.717, 1.165) is 12.3 Å². The number of nitrogens with one attached hydrogen (secondary N) is 1. The van der Waals surface area contributed by atoms with E-state index in [2.05, 4.69) is 10.3 Å². The molecule has 0 aliphatic heterocycles. The number of nitrogens with zero attached hydrogens (tertiary/aromatic N) is 1. The highest BCUT2D eigenvalue weighted by atomic mass is 19.1. The fraction of sp³-hybridized carbons (Fsp3) is 0.533. The van der Waals surface area contributed by atoms with Crippen LogP contribution in [0.15, 0.2) is 18.3 Å². The number of halogens is 1. The van der Waals surface area contributed by atoms with Gasteiger partial charge in [0.1, 0.15) is 23.2 Å². The summed E-state index contributed by atoms with van der Waals surface area (Å²) in [6, 6.07) is 1.61. The van der Waals surface area contributed by atoms with Crippen LogP contribution < -0.4 is 5.32 Å². The number of ether oxygens (including phenoxy) is 1. The molecule has 0 spiro atoms. The molecule has 6 heteroatoms. The van der Waals surface area contributed by atoms with Gasteiger partial charge in [-0.15, -0.1) is 0 Å². The summed E-state index contributed by atoms with van der Waals surface area (Å²) in [4.78, 5) is 27.8. The quantitative estimate of drug-likeness (QED) is 0.866. The number of hydrogen-bond donors (Lipinski definition) is 1. The van der Waals surface area contributed by atoms with Crippen LogP contribution in [0, 0.1) is 11.7 Å². The first-order valence-electron chi connectivity index (χ1n) is 6.75. The molecular weight excluding hydrogens is 275 g/mol. The van der Waals surface area contributed by atoms with Crippen LogP contribution in [0.3, 0.4) is 0 Å². The minimum absolute atomic E-state index is 0.0469. The molecule has 0 fully saturated rings. The second-order valence-electron chi connectivity index (χ2n) is 6.09.